The van der Waals surface area contributed by atoms with E-state index in [4.69, 9.17) is 4.74 Å². The summed E-state index contributed by atoms with van der Waals surface area (Å²) in [5.41, 5.74) is 1.09. The summed E-state index contributed by atoms with van der Waals surface area (Å²) in [7, 11) is 1.64. The molecule has 25 heavy (non-hydrogen) atoms. The summed E-state index contributed by atoms with van der Waals surface area (Å²) in [5.74, 6) is 2.33. The van der Waals surface area contributed by atoms with Crippen LogP contribution in [0.4, 0.5) is 10.7 Å². The number of amides is 2. The van der Waals surface area contributed by atoms with Gasteiger partial charge in [-0.1, -0.05) is 26.0 Å². The van der Waals surface area contributed by atoms with Gasteiger partial charge in [0.25, 0.3) is 0 Å². The Kier molecular flexibility index (Phi) is 5.21. The highest BCUT2D eigenvalue weighted by atomic mass is 16.5. The van der Waals surface area contributed by atoms with Gasteiger partial charge >= 0.3 is 6.03 Å². The highest BCUT2D eigenvalue weighted by molar-refractivity contribution is 5.87. The topological polar surface area (TPSA) is 72.3 Å². The molecular formula is C18H25N5O2. The minimum absolute atomic E-state index is 0.124. The molecule has 0 radical (unpaired) electrons. The second kappa shape index (κ2) is 7.55. The van der Waals surface area contributed by atoms with Crippen molar-refractivity contribution in [1.82, 2.24) is 19.7 Å². The third-order valence-corrected chi connectivity index (χ3v) is 4.88. The van der Waals surface area contributed by atoms with E-state index in [0.29, 0.717) is 24.3 Å². The van der Waals surface area contributed by atoms with Crippen LogP contribution in [0.25, 0.3) is 0 Å². The number of hydrogen-bond acceptors (Lipinski definition) is 4. The number of carbonyl (C=O) groups excluding carboxylic acids is 1. The third-order valence-electron chi connectivity index (χ3n) is 4.88. The van der Waals surface area contributed by atoms with Gasteiger partial charge in [0.1, 0.15) is 12.1 Å². The van der Waals surface area contributed by atoms with Crippen LogP contribution < -0.4 is 10.1 Å². The van der Waals surface area contributed by atoms with Gasteiger partial charge in [-0.3, -0.25) is 5.32 Å². The number of carbonyl (C=O) groups is 1. The molecule has 1 saturated heterocycles. The maximum atomic E-state index is 12.4. The predicted molar refractivity (Wildman–Crippen MR) is 95.7 cm³/mol. The van der Waals surface area contributed by atoms with Gasteiger partial charge in [0, 0.05) is 13.1 Å². The minimum atomic E-state index is -0.124. The molecule has 1 N–H and O–H groups in total. The van der Waals surface area contributed by atoms with Gasteiger partial charge in [-0.2, -0.15) is 0 Å². The highest BCUT2D eigenvalue weighted by Crippen LogP contribution is 2.22. The van der Waals surface area contributed by atoms with Crippen LogP contribution in [0.5, 0.6) is 5.75 Å². The molecule has 1 fully saturated rings. The van der Waals surface area contributed by atoms with Crippen molar-refractivity contribution in [2.45, 2.75) is 26.8 Å². The molecule has 2 atom stereocenters. The smallest absolute Gasteiger partial charge is 0.324 e. The lowest BCUT2D eigenvalue weighted by Gasteiger charge is -2.34. The molecule has 0 aliphatic carbocycles. The van der Waals surface area contributed by atoms with Crippen molar-refractivity contribution < 1.29 is 9.53 Å². The number of rotatable bonds is 4. The molecule has 0 spiro atoms. The number of nitrogens with zero attached hydrogens (tertiary/aromatic N) is 4. The van der Waals surface area contributed by atoms with Crippen LogP contribution in [0.15, 0.2) is 30.6 Å². The molecule has 0 bridgehead atoms. The molecular weight excluding hydrogens is 318 g/mol. The van der Waals surface area contributed by atoms with E-state index in [2.05, 4.69) is 29.2 Å². The average Bonchev–Trinajstić information content (AvgIpc) is 3.04. The van der Waals surface area contributed by atoms with Gasteiger partial charge < -0.3 is 9.64 Å². The number of anilines is 1. The summed E-state index contributed by atoms with van der Waals surface area (Å²) < 4.78 is 6.86. The lowest BCUT2D eigenvalue weighted by atomic mass is 9.89. The molecule has 0 unspecified atom stereocenters. The standard InChI is InChI=1S/C18H25N5O2/c1-13-8-9-22(10-14(13)2)18(24)20-17-19-12-23(21-17)11-15-4-6-16(25-3)7-5-15/h4-7,12-14H,8-11H2,1-3H3,(H,20,21,24)/t13-,14+/m1/s1. The maximum absolute atomic E-state index is 12.4. The Morgan fingerprint density at radius 3 is 2.72 bits per heavy atom. The molecule has 1 aromatic heterocycles. The number of urea groups is 1. The monoisotopic (exact) mass is 343 g/mol. The summed E-state index contributed by atoms with van der Waals surface area (Å²) in [5, 5.41) is 7.13. The molecule has 3 rings (SSSR count). The van der Waals surface area contributed by atoms with Gasteiger partial charge in [0.15, 0.2) is 0 Å². The summed E-state index contributed by atoms with van der Waals surface area (Å²) in [6.07, 6.45) is 2.66. The van der Waals surface area contributed by atoms with Gasteiger partial charge in [-0.15, -0.1) is 5.10 Å². The van der Waals surface area contributed by atoms with Gasteiger partial charge in [-0.05, 0) is 36.0 Å². The number of piperidine rings is 1. The summed E-state index contributed by atoms with van der Waals surface area (Å²) in [6.45, 7) is 6.57. The van der Waals surface area contributed by atoms with E-state index >= 15 is 0 Å². The normalized spacial score (nSPS) is 20.4. The number of nitrogens with one attached hydrogen (secondary N) is 1. The first kappa shape index (κ1) is 17.3. The molecule has 1 aliphatic rings. The molecule has 7 heteroatoms. The van der Waals surface area contributed by atoms with Crippen molar-refractivity contribution in [1.29, 1.82) is 0 Å². The van der Waals surface area contributed by atoms with Crippen LogP contribution in [0.1, 0.15) is 25.8 Å². The van der Waals surface area contributed by atoms with Crippen molar-refractivity contribution in [3.05, 3.63) is 36.2 Å². The summed E-state index contributed by atoms with van der Waals surface area (Å²) >= 11 is 0. The van der Waals surface area contributed by atoms with Crippen LogP contribution in [0.2, 0.25) is 0 Å². The number of methoxy groups -OCH3 is 1. The number of ether oxygens (including phenoxy) is 1. The molecule has 7 nitrogen and oxygen atoms in total. The van der Waals surface area contributed by atoms with E-state index < -0.39 is 0 Å². The fourth-order valence-electron chi connectivity index (χ4n) is 2.97. The molecule has 1 aromatic carbocycles. The summed E-state index contributed by atoms with van der Waals surface area (Å²) in [6, 6.07) is 7.66. The number of hydrogen-bond donors (Lipinski definition) is 1. The maximum Gasteiger partial charge on any atom is 0.324 e. The van der Waals surface area contributed by atoms with E-state index in [1.54, 1.807) is 18.1 Å². The largest absolute Gasteiger partial charge is 0.497 e. The molecule has 1 aliphatic heterocycles. The lowest BCUT2D eigenvalue weighted by Crippen LogP contribution is -2.44. The fraction of sp³-hybridized carbons (Fsp3) is 0.500. The van der Waals surface area contributed by atoms with E-state index in [0.717, 1.165) is 30.8 Å². The third kappa shape index (κ3) is 4.29. The second-order valence-corrected chi connectivity index (χ2v) is 6.73. The Morgan fingerprint density at radius 1 is 1.28 bits per heavy atom. The molecule has 2 amide bonds. The first-order valence-corrected chi connectivity index (χ1v) is 8.63. The van der Waals surface area contributed by atoms with Crippen LogP contribution in [-0.2, 0) is 6.54 Å². The molecule has 134 valence electrons. The average molecular weight is 343 g/mol. The van der Waals surface area contributed by atoms with Crippen molar-refractivity contribution in [3.63, 3.8) is 0 Å². The number of likely N-dealkylation sites (tertiary alicyclic amines) is 1. The van der Waals surface area contributed by atoms with Crippen LogP contribution in [0.3, 0.4) is 0 Å². The first-order valence-electron chi connectivity index (χ1n) is 8.63. The second-order valence-electron chi connectivity index (χ2n) is 6.73. The fourth-order valence-corrected chi connectivity index (χ4v) is 2.97. The predicted octanol–water partition coefficient (Wildman–Crippen LogP) is 2.84. The SMILES string of the molecule is COc1ccc(Cn2cnc(NC(=O)N3CC[C@@H](C)[C@@H](C)C3)n2)cc1. The molecule has 2 aromatic rings. The first-order chi connectivity index (χ1) is 12.0. The van der Waals surface area contributed by atoms with Crippen molar-refractivity contribution in [3.8, 4) is 5.75 Å². The van der Waals surface area contributed by atoms with E-state index in [1.165, 1.54) is 0 Å². The van der Waals surface area contributed by atoms with Crippen molar-refractivity contribution in [2.24, 2.45) is 11.8 Å². The number of benzene rings is 1. The van der Waals surface area contributed by atoms with E-state index in [9.17, 15) is 4.79 Å². The Bertz CT molecular complexity index is 713. The van der Waals surface area contributed by atoms with E-state index in [-0.39, 0.29) is 6.03 Å². The van der Waals surface area contributed by atoms with Crippen molar-refractivity contribution in [2.75, 3.05) is 25.5 Å². The lowest BCUT2D eigenvalue weighted by molar-refractivity contribution is 0.154. The molecule has 0 saturated carbocycles. The van der Waals surface area contributed by atoms with Gasteiger partial charge in [0.05, 0.1) is 13.7 Å². The van der Waals surface area contributed by atoms with Gasteiger partial charge in [-0.25, -0.2) is 14.5 Å². The van der Waals surface area contributed by atoms with Crippen LogP contribution in [0, 0.1) is 11.8 Å². The van der Waals surface area contributed by atoms with Crippen molar-refractivity contribution >= 4 is 12.0 Å². The zero-order chi connectivity index (χ0) is 17.8. The Hall–Kier alpha value is -2.57. The van der Waals surface area contributed by atoms with Crippen LogP contribution >= 0.6 is 0 Å². The highest BCUT2D eigenvalue weighted by Gasteiger charge is 2.26. The Morgan fingerprint density at radius 2 is 2.04 bits per heavy atom. The Labute approximate surface area is 148 Å². The quantitative estimate of drug-likeness (QED) is 0.926. The zero-order valence-electron chi connectivity index (χ0n) is 15.0. The van der Waals surface area contributed by atoms with Crippen LogP contribution in [-0.4, -0.2) is 45.9 Å². The van der Waals surface area contributed by atoms with Gasteiger partial charge in [0.2, 0.25) is 5.95 Å². The molecule has 2 heterocycles. The van der Waals surface area contributed by atoms with E-state index in [1.807, 2.05) is 29.2 Å². The number of aromatic nitrogens is 3. The summed E-state index contributed by atoms with van der Waals surface area (Å²) in [4.78, 5) is 18.4. The Balaban J connectivity index is 1.56. The zero-order valence-corrected chi connectivity index (χ0v) is 15.0. The minimum Gasteiger partial charge on any atom is -0.497 e.